The van der Waals surface area contributed by atoms with Crippen molar-refractivity contribution in [1.82, 2.24) is 24.4 Å². The summed E-state index contributed by atoms with van der Waals surface area (Å²) in [6, 6.07) is 10.2. The van der Waals surface area contributed by atoms with Gasteiger partial charge in [0.2, 0.25) is 10.0 Å². The third-order valence-corrected chi connectivity index (χ3v) is 9.71. The molecule has 1 saturated heterocycles. The van der Waals surface area contributed by atoms with Gasteiger partial charge in [-0.2, -0.15) is 14.7 Å². The molecule has 3 heterocycles. The summed E-state index contributed by atoms with van der Waals surface area (Å²) in [6.45, 7) is 1.00. The molecule has 1 aliphatic carbocycles. The lowest BCUT2D eigenvalue weighted by Crippen LogP contribution is -2.44. The summed E-state index contributed by atoms with van der Waals surface area (Å²) in [5.74, 6) is -0.547. The Hall–Kier alpha value is -3.86. The van der Waals surface area contributed by atoms with E-state index in [1.54, 1.807) is 24.3 Å². The first kappa shape index (κ1) is 26.7. The van der Waals surface area contributed by atoms with Crippen molar-refractivity contribution in [3.05, 3.63) is 63.6 Å². The van der Waals surface area contributed by atoms with Gasteiger partial charge in [-0.15, -0.1) is 5.10 Å². The van der Waals surface area contributed by atoms with Crippen LogP contribution in [0, 0.1) is 11.3 Å². The van der Waals surface area contributed by atoms with Crippen molar-refractivity contribution in [2.24, 2.45) is 7.05 Å². The summed E-state index contributed by atoms with van der Waals surface area (Å²) in [4.78, 5) is 26.0. The first-order chi connectivity index (χ1) is 18.8. The van der Waals surface area contributed by atoms with Crippen LogP contribution in [-0.4, -0.2) is 64.6 Å². The number of aryl methyl sites for hydroxylation is 1. The zero-order valence-corrected chi connectivity index (χ0v) is 22.2. The lowest BCUT2D eigenvalue weighted by molar-refractivity contribution is 0.0900. The van der Waals surface area contributed by atoms with E-state index in [0.29, 0.717) is 42.5 Å². The number of aromatic nitrogens is 3. The van der Waals surface area contributed by atoms with Crippen LogP contribution in [0.15, 0.2) is 41.3 Å². The minimum absolute atomic E-state index is 0. The minimum Gasteiger partial charge on any atom is -0.473 e. The highest BCUT2D eigenvalue weighted by atomic mass is 32.2. The van der Waals surface area contributed by atoms with Crippen LogP contribution in [-0.2, 0) is 28.4 Å². The zero-order valence-electron chi connectivity index (χ0n) is 21.4. The van der Waals surface area contributed by atoms with Crippen LogP contribution in [0.1, 0.15) is 48.6 Å². The maximum Gasteiger partial charge on any atom is 0.263 e. The Balaban J connectivity index is 0.00000370. The maximum atomic E-state index is 13.4. The van der Waals surface area contributed by atoms with E-state index in [9.17, 15) is 18.0 Å². The van der Waals surface area contributed by atoms with Crippen LogP contribution in [0.2, 0.25) is 0 Å². The fraction of sp³-hybridized carbons (Fsp3) is 0.423. The van der Waals surface area contributed by atoms with Crippen molar-refractivity contribution in [2.75, 3.05) is 26.5 Å². The average Bonchev–Trinajstić information content (AvgIpc) is 3.78. The standard InChI is InChI=1S/C26H28N6O6S.H2/c1-31-22-20(12-21(25(31)34)23(33)28-14-19-6-4-18(13-27)5-7-19)15-29-30-24(22)38-16-26(8-9-26)39(35,36)32-10-2-3-11-37-17-32;/h4-7,12,15H,2-3,8-11,14,16-17H2,1H3,(H,28,33);1H. The van der Waals surface area contributed by atoms with Crippen molar-refractivity contribution in [1.29, 1.82) is 5.26 Å². The number of nitrogens with one attached hydrogen (secondary N) is 1. The van der Waals surface area contributed by atoms with Crippen LogP contribution in [0.4, 0.5) is 0 Å². The number of fused-ring (bicyclic) bond motifs is 1. The maximum absolute atomic E-state index is 13.4. The lowest BCUT2D eigenvalue weighted by Gasteiger charge is -2.25. The largest absolute Gasteiger partial charge is 0.473 e. The molecule has 0 bridgehead atoms. The molecule has 13 heteroatoms. The number of rotatable bonds is 8. The first-order valence-corrected chi connectivity index (χ1v) is 14.0. The molecule has 1 amide bonds. The Labute approximate surface area is 226 Å². The van der Waals surface area contributed by atoms with Gasteiger partial charge >= 0.3 is 0 Å². The molecular formula is C26H30N6O6S. The summed E-state index contributed by atoms with van der Waals surface area (Å²) in [6.07, 6.45) is 3.86. The predicted molar refractivity (Wildman–Crippen MR) is 142 cm³/mol. The molecule has 2 fully saturated rings. The summed E-state index contributed by atoms with van der Waals surface area (Å²) in [7, 11) is -2.17. The molecule has 1 N–H and O–H groups in total. The summed E-state index contributed by atoms with van der Waals surface area (Å²) in [5.41, 5.74) is 0.948. The van der Waals surface area contributed by atoms with Gasteiger partial charge in [0.25, 0.3) is 17.3 Å². The number of ether oxygens (including phenoxy) is 2. The number of benzene rings is 1. The minimum atomic E-state index is -3.67. The normalized spacial score (nSPS) is 17.2. The summed E-state index contributed by atoms with van der Waals surface area (Å²) in [5, 5.41) is 20.1. The molecule has 2 aromatic heterocycles. The fourth-order valence-corrected chi connectivity index (χ4v) is 6.51. The van der Waals surface area contributed by atoms with Crippen molar-refractivity contribution < 1.29 is 24.1 Å². The Bertz CT molecular complexity index is 1610. The van der Waals surface area contributed by atoms with Gasteiger partial charge in [-0.3, -0.25) is 9.59 Å². The quantitative estimate of drug-likeness (QED) is 0.438. The van der Waals surface area contributed by atoms with Crippen LogP contribution in [0.3, 0.4) is 0 Å². The Morgan fingerprint density at radius 2 is 2.05 bits per heavy atom. The molecule has 0 atom stereocenters. The van der Waals surface area contributed by atoms with Crippen LogP contribution >= 0.6 is 0 Å². The van der Waals surface area contributed by atoms with Gasteiger partial charge in [-0.25, -0.2) is 8.42 Å². The highest BCUT2D eigenvalue weighted by Gasteiger charge is 2.58. The predicted octanol–water partition coefficient (Wildman–Crippen LogP) is 1.69. The van der Waals surface area contributed by atoms with Gasteiger partial charge in [0.1, 0.15) is 29.2 Å². The molecule has 0 unspecified atom stereocenters. The molecule has 206 valence electrons. The molecule has 39 heavy (non-hydrogen) atoms. The molecule has 2 aliphatic rings. The van der Waals surface area contributed by atoms with Crippen LogP contribution < -0.4 is 15.6 Å². The van der Waals surface area contributed by atoms with E-state index in [1.807, 2.05) is 6.07 Å². The molecule has 1 saturated carbocycles. The number of carbonyl (C=O) groups is 1. The number of hydrogen-bond acceptors (Lipinski definition) is 9. The Morgan fingerprint density at radius 1 is 1.28 bits per heavy atom. The van der Waals surface area contributed by atoms with E-state index in [0.717, 1.165) is 18.4 Å². The average molecular weight is 555 g/mol. The third kappa shape index (κ3) is 5.23. The van der Waals surface area contributed by atoms with Crippen molar-refractivity contribution in [2.45, 2.75) is 37.0 Å². The fourth-order valence-electron chi connectivity index (χ4n) is 4.55. The van der Waals surface area contributed by atoms with Gasteiger partial charge in [0.05, 0.1) is 17.8 Å². The van der Waals surface area contributed by atoms with E-state index in [-0.39, 0.29) is 32.8 Å². The molecule has 3 aromatic rings. The van der Waals surface area contributed by atoms with Gasteiger partial charge in [-0.1, -0.05) is 12.1 Å². The van der Waals surface area contributed by atoms with Gasteiger partial charge < -0.3 is 19.4 Å². The smallest absolute Gasteiger partial charge is 0.263 e. The number of sulfonamides is 1. The van der Waals surface area contributed by atoms with Gasteiger partial charge in [-0.05, 0) is 49.4 Å². The summed E-state index contributed by atoms with van der Waals surface area (Å²) < 4.78 is 39.6. The molecule has 1 aromatic carbocycles. The molecule has 12 nitrogen and oxygen atoms in total. The van der Waals surface area contributed by atoms with Crippen molar-refractivity contribution in [3.63, 3.8) is 0 Å². The molecular weight excluding hydrogens is 524 g/mol. The van der Waals surface area contributed by atoms with E-state index in [4.69, 9.17) is 14.7 Å². The van der Waals surface area contributed by atoms with Gasteiger partial charge in [0, 0.05) is 33.6 Å². The molecule has 5 rings (SSSR count). The zero-order chi connectivity index (χ0) is 27.6. The number of amides is 1. The van der Waals surface area contributed by atoms with Crippen molar-refractivity contribution >= 4 is 26.8 Å². The summed E-state index contributed by atoms with van der Waals surface area (Å²) >= 11 is 0. The Kier molecular flexibility index (Phi) is 7.35. The van der Waals surface area contributed by atoms with Gasteiger partial charge in [0.15, 0.2) is 0 Å². The van der Waals surface area contributed by atoms with E-state index in [1.165, 1.54) is 28.2 Å². The molecule has 1 aliphatic heterocycles. The molecule has 0 spiro atoms. The molecule has 0 radical (unpaired) electrons. The van der Waals surface area contributed by atoms with Crippen molar-refractivity contribution in [3.8, 4) is 11.9 Å². The number of hydrogen-bond donors (Lipinski definition) is 1. The third-order valence-electron chi connectivity index (χ3n) is 7.12. The Morgan fingerprint density at radius 3 is 2.77 bits per heavy atom. The second-order valence-corrected chi connectivity index (χ2v) is 12.1. The topological polar surface area (TPSA) is 157 Å². The number of carbonyl (C=O) groups excluding carboxylic acids is 1. The van der Waals surface area contributed by atoms with E-state index >= 15 is 0 Å². The second kappa shape index (κ2) is 10.7. The van der Waals surface area contributed by atoms with E-state index < -0.39 is 26.2 Å². The second-order valence-electron chi connectivity index (χ2n) is 9.76. The number of nitrogens with zero attached hydrogens (tertiary/aromatic N) is 5. The number of nitriles is 1. The van der Waals surface area contributed by atoms with Crippen LogP contribution in [0.5, 0.6) is 5.88 Å². The van der Waals surface area contributed by atoms with Crippen LogP contribution in [0.25, 0.3) is 10.9 Å². The number of pyridine rings is 1. The lowest BCUT2D eigenvalue weighted by atomic mass is 10.1. The first-order valence-electron chi connectivity index (χ1n) is 12.6. The SMILES string of the molecule is Cn1c(=O)c(C(=O)NCc2ccc(C#N)cc2)cc2cnnc(OCC3(S(=O)(=O)N4CCCCOC4)CC3)c21.[HH]. The highest BCUT2D eigenvalue weighted by molar-refractivity contribution is 7.90. The monoisotopic (exact) mass is 554 g/mol. The highest BCUT2D eigenvalue weighted by Crippen LogP contribution is 2.46. The van der Waals surface area contributed by atoms with E-state index in [2.05, 4.69) is 15.5 Å².